The molecule has 1 aliphatic heterocycles. The van der Waals surface area contributed by atoms with Crippen molar-refractivity contribution in [3.8, 4) is 0 Å². The van der Waals surface area contributed by atoms with E-state index in [1.165, 1.54) is 0 Å². The summed E-state index contributed by atoms with van der Waals surface area (Å²) in [6, 6.07) is 0. The fourth-order valence-corrected chi connectivity index (χ4v) is 0.803. The zero-order valence-corrected chi connectivity index (χ0v) is 5.79. The van der Waals surface area contributed by atoms with Gasteiger partial charge >= 0.3 is 0 Å². The van der Waals surface area contributed by atoms with Crippen molar-refractivity contribution < 1.29 is 9.84 Å². The molecular weight excluding hydrogens is 116 g/mol. The SMILES string of the molecule is CC(O)C1(C)CC=CO1. The molecule has 0 amide bonds. The van der Waals surface area contributed by atoms with Crippen LogP contribution in [0.4, 0.5) is 0 Å². The van der Waals surface area contributed by atoms with Gasteiger partial charge in [0.15, 0.2) is 0 Å². The second kappa shape index (κ2) is 2.03. The lowest BCUT2D eigenvalue weighted by Crippen LogP contribution is -2.36. The van der Waals surface area contributed by atoms with Crippen molar-refractivity contribution in [3.05, 3.63) is 12.3 Å². The first-order valence-corrected chi connectivity index (χ1v) is 3.16. The molecular formula is C7H12O2. The van der Waals surface area contributed by atoms with Gasteiger partial charge in [0.2, 0.25) is 0 Å². The van der Waals surface area contributed by atoms with E-state index in [-0.39, 0.29) is 5.60 Å². The molecule has 0 saturated heterocycles. The number of aliphatic hydroxyl groups excluding tert-OH is 1. The summed E-state index contributed by atoms with van der Waals surface area (Å²) in [6.45, 7) is 3.64. The first kappa shape index (κ1) is 6.62. The Labute approximate surface area is 55.1 Å². The summed E-state index contributed by atoms with van der Waals surface area (Å²) in [7, 11) is 0. The first-order valence-electron chi connectivity index (χ1n) is 3.16. The molecule has 1 heterocycles. The van der Waals surface area contributed by atoms with E-state index in [9.17, 15) is 0 Å². The molecule has 1 aliphatic rings. The van der Waals surface area contributed by atoms with E-state index in [4.69, 9.17) is 9.84 Å². The van der Waals surface area contributed by atoms with Crippen LogP contribution in [0, 0.1) is 0 Å². The maximum atomic E-state index is 9.15. The lowest BCUT2D eigenvalue weighted by atomic mass is 9.98. The predicted octanol–water partition coefficient (Wildman–Crippen LogP) is 1.06. The summed E-state index contributed by atoms with van der Waals surface area (Å²) >= 11 is 0. The van der Waals surface area contributed by atoms with Crippen molar-refractivity contribution in [2.45, 2.75) is 32.0 Å². The molecule has 1 rings (SSSR count). The second-order valence-corrected chi connectivity index (χ2v) is 2.68. The van der Waals surface area contributed by atoms with Crippen LogP contribution in [0.5, 0.6) is 0 Å². The maximum absolute atomic E-state index is 9.15. The number of aliphatic hydroxyl groups is 1. The van der Waals surface area contributed by atoms with Gasteiger partial charge in [-0.2, -0.15) is 0 Å². The van der Waals surface area contributed by atoms with Gasteiger partial charge in [0.1, 0.15) is 5.60 Å². The van der Waals surface area contributed by atoms with Crippen LogP contribution >= 0.6 is 0 Å². The summed E-state index contributed by atoms with van der Waals surface area (Å²) < 4.78 is 5.17. The summed E-state index contributed by atoms with van der Waals surface area (Å²) in [4.78, 5) is 0. The number of hydrogen-bond donors (Lipinski definition) is 1. The zero-order valence-electron chi connectivity index (χ0n) is 5.79. The highest BCUT2D eigenvalue weighted by Crippen LogP contribution is 2.25. The van der Waals surface area contributed by atoms with Gasteiger partial charge in [-0.1, -0.05) is 0 Å². The third kappa shape index (κ3) is 1.08. The third-order valence-electron chi connectivity index (χ3n) is 1.84. The van der Waals surface area contributed by atoms with E-state index in [2.05, 4.69) is 0 Å². The van der Waals surface area contributed by atoms with E-state index in [0.717, 1.165) is 6.42 Å². The van der Waals surface area contributed by atoms with Crippen molar-refractivity contribution in [1.29, 1.82) is 0 Å². The Hall–Kier alpha value is -0.500. The normalized spacial score (nSPS) is 36.3. The Morgan fingerprint density at radius 1 is 1.78 bits per heavy atom. The van der Waals surface area contributed by atoms with E-state index in [1.807, 2.05) is 13.0 Å². The van der Waals surface area contributed by atoms with Crippen LogP contribution in [0.1, 0.15) is 20.3 Å². The average Bonchev–Trinajstić information content (AvgIpc) is 2.16. The van der Waals surface area contributed by atoms with E-state index in [1.54, 1.807) is 13.2 Å². The molecule has 0 aromatic heterocycles. The van der Waals surface area contributed by atoms with Crippen molar-refractivity contribution in [2.75, 3.05) is 0 Å². The quantitative estimate of drug-likeness (QED) is 0.572. The molecule has 0 aliphatic carbocycles. The predicted molar refractivity (Wildman–Crippen MR) is 34.9 cm³/mol. The number of rotatable bonds is 1. The zero-order chi connectivity index (χ0) is 6.91. The van der Waals surface area contributed by atoms with Crippen molar-refractivity contribution >= 4 is 0 Å². The number of hydrogen-bond acceptors (Lipinski definition) is 2. The molecule has 2 nitrogen and oxygen atoms in total. The molecule has 0 spiro atoms. The lowest BCUT2D eigenvalue weighted by molar-refractivity contribution is -0.0456. The monoisotopic (exact) mass is 128 g/mol. The van der Waals surface area contributed by atoms with Crippen LogP contribution < -0.4 is 0 Å². The van der Waals surface area contributed by atoms with Gasteiger partial charge in [0, 0.05) is 6.42 Å². The standard InChI is InChI=1S/C7H12O2/c1-6(8)7(2)4-3-5-9-7/h3,5-6,8H,4H2,1-2H3. The smallest absolute Gasteiger partial charge is 0.134 e. The van der Waals surface area contributed by atoms with Gasteiger partial charge in [-0.15, -0.1) is 0 Å². The molecule has 52 valence electrons. The summed E-state index contributed by atoms with van der Waals surface area (Å²) in [5.74, 6) is 0. The fraction of sp³-hybridized carbons (Fsp3) is 0.714. The maximum Gasteiger partial charge on any atom is 0.134 e. The van der Waals surface area contributed by atoms with Gasteiger partial charge in [-0.05, 0) is 19.9 Å². The highest BCUT2D eigenvalue weighted by atomic mass is 16.5. The number of ether oxygens (including phenoxy) is 1. The Balaban J connectivity index is 2.55. The van der Waals surface area contributed by atoms with Gasteiger partial charge in [0.05, 0.1) is 12.4 Å². The molecule has 0 aromatic carbocycles. The second-order valence-electron chi connectivity index (χ2n) is 2.68. The minimum absolute atomic E-state index is 0.361. The van der Waals surface area contributed by atoms with E-state index >= 15 is 0 Å². The Kier molecular flexibility index (Phi) is 1.49. The lowest BCUT2D eigenvalue weighted by Gasteiger charge is -2.26. The molecule has 1 N–H and O–H groups in total. The highest BCUT2D eigenvalue weighted by Gasteiger charge is 2.32. The van der Waals surface area contributed by atoms with Crippen LogP contribution in [0.15, 0.2) is 12.3 Å². The molecule has 0 radical (unpaired) electrons. The van der Waals surface area contributed by atoms with Crippen LogP contribution in [-0.2, 0) is 4.74 Å². The molecule has 0 saturated carbocycles. The minimum atomic E-state index is -0.396. The Bertz CT molecular complexity index is 119. The van der Waals surface area contributed by atoms with Crippen molar-refractivity contribution in [3.63, 3.8) is 0 Å². The van der Waals surface area contributed by atoms with Gasteiger partial charge in [-0.25, -0.2) is 0 Å². The fourth-order valence-electron chi connectivity index (χ4n) is 0.803. The average molecular weight is 128 g/mol. The summed E-state index contributed by atoms with van der Waals surface area (Å²) in [5, 5.41) is 9.15. The summed E-state index contributed by atoms with van der Waals surface area (Å²) in [6.07, 6.45) is 3.98. The molecule has 2 atom stereocenters. The molecule has 2 unspecified atom stereocenters. The topological polar surface area (TPSA) is 29.5 Å². The molecule has 0 aromatic rings. The van der Waals surface area contributed by atoms with Crippen LogP contribution in [0.25, 0.3) is 0 Å². The highest BCUT2D eigenvalue weighted by molar-refractivity contribution is 4.97. The largest absolute Gasteiger partial charge is 0.492 e. The van der Waals surface area contributed by atoms with Gasteiger partial charge < -0.3 is 9.84 Å². The first-order chi connectivity index (χ1) is 4.15. The Morgan fingerprint density at radius 3 is 2.67 bits per heavy atom. The minimum Gasteiger partial charge on any atom is -0.492 e. The van der Waals surface area contributed by atoms with Crippen molar-refractivity contribution in [2.24, 2.45) is 0 Å². The summed E-state index contributed by atoms with van der Waals surface area (Å²) in [5.41, 5.74) is -0.361. The third-order valence-corrected chi connectivity index (χ3v) is 1.84. The van der Waals surface area contributed by atoms with Crippen LogP contribution in [0.2, 0.25) is 0 Å². The molecule has 0 fully saturated rings. The molecule has 0 bridgehead atoms. The van der Waals surface area contributed by atoms with Gasteiger partial charge in [-0.3, -0.25) is 0 Å². The van der Waals surface area contributed by atoms with Crippen LogP contribution in [0.3, 0.4) is 0 Å². The van der Waals surface area contributed by atoms with Gasteiger partial charge in [0.25, 0.3) is 0 Å². The Morgan fingerprint density at radius 2 is 2.44 bits per heavy atom. The van der Waals surface area contributed by atoms with E-state index < -0.39 is 6.10 Å². The molecule has 9 heavy (non-hydrogen) atoms. The molecule has 2 heteroatoms. The van der Waals surface area contributed by atoms with Crippen LogP contribution in [-0.4, -0.2) is 16.8 Å². The van der Waals surface area contributed by atoms with Crippen molar-refractivity contribution in [1.82, 2.24) is 0 Å². The van der Waals surface area contributed by atoms with E-state index in [0.29, 0.717) is 0 Å².